The zero-order chi connectivity index (χ0) is 21.2. The lowest BCUT2D eigenvalue weighted by atomic mass is 9.92. The van der Waals surface area contributed by atoms with Crippen LogP contribution in [0.2, 0.25) is 0 Å². The number of pyridine rings is 1. The van der Waals surface area contributed by atoms with Crippen molar-refractivity contribution in [3.63, 3.8) is 0 Å². The standard InChI is InChI=1S/C25H27N5O/c1-18-24(20-9-12-26-13-10-20)25-27-14-11-22(30(25)28-18)21-8-5-15-29(16-21)23(17-31)19-6-3-2-4-7-19/h2-4,6-7,9-14,21,23,31H,5,8,15-17H2,1H3. The summed E-state index contributed by atoms with van der Waals surface area (Å²) in [7, 11) is 0. The molecule has 0 aliphatic carbocycles. The second-order valence-corrected chi connectivity index (χ2v) is 8.24. The van der Waals surface area contributed by atoms with Crippen LogP contribution in [0, 0.1) is 6.92 Å². The molecule has 1 aliphatic rings. The molecule has 0 radical (unpaired) electrons. The number of benzene rings is 1. The highest BCUT2D eigenvalue weighted by atomic mass is 16.3. The van der Waals surface area contributed by atoms with Gasteiger partial charge in [-0.05, 0) is 55.6 Å². The molecule has 5 rings (SSSR count). The molecule has 1 aromatic carbocycles. The summed E-state index contributed by atoms with van der Waals surface area (Å²) in [5.41, 5.74) is 6.36. The van der Waals surface area contributed by atoms with Crippen LogP contribution in [0.15, 0.2) is 67.1 Å². The molecule has 158 valence electrons. The SMILES string of the molecule is Cc1nn2c(C3CCCN(C(CO)c4ccccc4)C3)ccnc2c1-c1ccncc1. The van der Waals surface area contributed by atoms with Crippen LogP contribution in [-0.4, -0.2) is 49.3 Å². The summed E-state index contributed by atoms with van der Waals surface area (Å²) >= 11 is 0. The third kappa shape index (κ3) is 3.73. The number of hydrogen-bond donors (Lipinski definition) is 1. The number of likely N-dealkylation sites (tertiary alicyclic amines) is 1. The fourth-order valence-corrected chi connectivity index (χ4v) is 4.87. The Hall–Kier alpha value is -3.09. The van der Waals surface area contributed by atoms with Crippen LogP contribution in [-0.2, 0) is 0 Å². The molecule has 1 aliphatic heterocycles. The minimum Gasteiger partial charge on any atom is -0.394 e. The monoisotopic (exact) mass is 413 g/mol. The molecule has 1 saturated heterocycles. The first-order valence-electron chi connectivity index (χ1n) is 10.9. The van der Waals surface area contributed by atoms with Gasteiger partial charge in [0.25, 0.3) is 0 Å². The van der Waals surface area contributed by atoms with Gasteiger partial charge >= 0.3 is 0 Å². The molecular weight excluding hydrogens is 386 g/mol. The predicted molar refractivity (Wildman–Crippen MR) is 121 cm³/mol. The van der Waals surface area contributed by atoms with Crippen molar-refractivity contribution in [2.24, 2.45) is 0 Å². The summed E-state index contributed by atoms with van der Waals surface area (Å²) in [6.45, 7) is 4.04. The largest absolute Gasteiger partial charge is 0.394 e. The molecule has 6 nitrogen and oxygen atoms in total. The molecule has 4 heterocycles. The molecule has 4 aromatic rings. The summed E-state index contributed by atoms with van der Waals surface area (Å²) < 4.78 is 2.02. The van der Waals surface area contributed by atoms with E-state index in [1.807, 2.05) is 48.0 Å². The smallest absolute Gasteiger partial charge is 0.163 e. The highest BCUT2D eigenvalue weighted by Gasteiger charge is 2.29. The lowest BCUT2D eigenvalue weighted by molar-refractivity contribution is 0.0942. The molecule has 0 spiro atoms. The van der Waals surface area contributed by atoms with Crippen LogP contribution >= 0.6 is 0 Å². The summed E-state index contributed by atoms with van der Waals surface area (Å²) in [6.07, 6.45) is 7.71. The van der Waals surface area contributed by atoms with Crippen molar-refractivity contribution in [3.8, 4) is 11.1 Å². The van der Waals surface area contributed by atoms with Crippen LogP contribution in [0.25, 0.3) is 16.8 Å². The van der Waals surface area contributed by atoms with Gasteiger partial charge in [0.2, 0.25) is 0 Å². The zero-order valence-electron chi connectivity index (χ0n) is 17.7. The van der Waals surface area contributed by atoms with E-state index in [0.717, 1.165) is 48.4 Å². The normalized spacial score (nSPS) is 18.3. The maximum Gasteiger partial charge on any atom is 0.163 e. The molecule has 1 fully saturated rings. The van der Waals surface area contributed by atoms with Crippen molar-refractivity contribution in [2.45, 2.75) is 31.7 Å². The van der Waals surface area contributed by atoms with E-state index < -0.39 is 0 Å². The van der Waals surface area contributed by atoms with E-state index in [2.05, 4.69) is 33.1 Å². The van der Waals surface area contributed by atoms with Gasteiger partial charge in [-0.2, -0.15) is 5.10 Å². The van der Waals surface area contributed by atoms with Gasteiger partial charge in [-0.25, -0.2) is 9.50 Å². The topological polar surface area (TPSA) is 66.5 Å². The lowest BCUT2D eigenvalue weighted by Gasteiger charge is -2.38. The van der Waals surface area contributed by atoms with Gasteiger partial charge in [-0.1, -0.05) is 30.3 Å². The minimum atomic E-state index is 0.0214. The summed E-state index contributed by atoms with van der Waals surface area (Å²) in [5, 5.41) is 15.0. The van der Waals surface area contributed by atoms with Gasteiger partial charge in [-0.15, -0.1) is 0 Å². The molecule has 31 heavy (non-hydrogen) atoms. The van der Waals surface area contributed by atoms with Crippen molar-refractivity contribution >= 4 is 5.65 Å². The van der Waals surface area contributed by atoms with Crippen molar-refractivity contribution in [1.29, 1.82) is 0 Å². The Bertz CT molecular complexity index is 1160. The van der Waals surface area contributed by atoms with E-state index in [4.69, 9.17) is 5.10 Å². The molecule has 2 atom stereocenters. The number of aliphatic hydroxyl groups excluding tert-OH is 1. The first-order chi connectivity index (χ1) is 15.3. The van der Waals surface area contributed by atoms with Crippen LogP contribution in [0.3, 0.4) is 0 Å². The van der Waals surface area contributed by atoms with Crippen LogP contribution < -0.4 is 0 Å². The Balaban J connectivity index is 1.50. The first-order valence-corrected chi connectivity index (χ1v) is 10.9. The van der Waals surface area contributed by atoms with Crippen LogP contribution in [0.5, 0.6) is 0 Å². The maximum atomic E-state index is 10.2. The Kier molecular flexibility index (Phi) is 5.49. The van der Waals surface area contributed by atoms with Gasteiger partial charge < -0.3 is 5.11 Å². The van der Waals surface area contributed by atoms with E-state index in [1.165, 1.54) is 11.3 Å². The molecule has 6 heteroatoms. The Morgan fingerprint density at radius 1 is 1.06 bits per heavy atom. The number of aryl methyl sites for hydroxylation is 1. The van der Waals surface area contributed by atoms with Gasteiger partial charge in [0.1, 0.15) is 0 Å². The van der Waals surface area contributed by atoms with Gasteiger partial charge in [0.05, 0.1) is 24.0 Å². The van der Waals surface area contributed by atoms with Crippen LogP contribution in [0.1, 0.15) is 41.8 Å². The first kappa shape index (κ1) is 19.8. The Morgan fingerprint density at radius 2 is 1.87 bits per heavy atom. The molecule has 3 aromatic heterocycles. The highest BCUT2D eigenvalue weighted by molar-refractivity contribution is 5.79. The molecular formula is C25H27N5O. The number of rotatable bonds is 5. The quantitative estimate of drug-likeness (QED) is 0.535. The zero-order valence-corrected chi connectivity index (χ0v) is 17.7. The number of aromatic nitrogens is 4. The van der Waals surface area contributed by atoms with Crippen molar-refractivity contribution < 1.29 is 5.11 Å². The molecule has 0 saturated carbocycles. The fraction of sp³-hybridized carbons (Fsp3) is 0.320. The number of fused-ring (bicyclic) bond motifs is 1. The number of hydrogen-bond acceptors (Lipinski definition) is 5. The predicted octanol–water partition coefficient (Wildman–Crippen LogP) is 4.01. The molecule has 0 bridgehead atoms. The second-order valence-electron chi connectivity index (χ2n) is 8.24. The molecule has 2 unspecified atom stereocenters. The highest BCUT2D eigenvalue weighted by Crippen LogP contribution is 2.34. The minimum absolute atomic E-state index is 0.0214. The third-order valence-electron chi connectivity index (χ3n) is 6.36. The van der Waals surface area contributed by atoms with E-state index >= 15 is 0 Å². The summed E-state index contributed by atoms with van der Waals surface area (Å²) in [4.78, 5) is 11.2. The van der Waals surface area contributed by atoms with Gasteiger partial charge in [0, 0.05) is 36.6 Å². The van der Waals surface area contributed by atoms with Crippen LogP contribution in [0.4, 0.5) is 0 Å². The Labute approximate surface area is 182 Å². The van der Waals surface area contributed by atoms with Crippen molar-refractivity contribution in [2.75, 3.05) is 19.7 Å². The summed E-state index contributed by atoms with van der Waals surface area (Å²) in [5.74, 6) is 0.335. The van der Waals surface area contributed by atoms with Gasteiger partial charge in [0.15, 0.2) is 5.65 Å². The second kappa shape index (κ2) is 8.57. The average molecular weight is 414 g/mol. The van der Waals surface area contributed by atoms with E-state index in [1.54, 1.807) is 12.4 Å². The fourth-order valence-electron chi connectivity index (χ4n) is 4.87. The number of nitrogens with zero attached hydrogens (tertiary/aromatic N) is 5. The van der Waals surface area contributed by atoms with Crippen molar-refractivity contribution in [3.05, 3.63) is 84.1 Å². The van der Waals surface area contributed by atoms with Crippen molar-refractivity contribution in [1.82, 2.24) is 24.5 Å². The van der Waals surface area contributed by atoms with E-state index in [0.29, 0.717) is 5.92 Å². The van der Waals surface area contributed by atoms with E-state index in [-0.39, 0.29) is 12.6 Å². The average Bonchev–Trinajstić information content (AvgIpc) is 3.17. The molecule has 1 N–H and O–H groups in total. The lowest BCUT2D eigenvalue weighted by Crippen LogP contribution is -2.39. The van der Waals surface area contributed by atoms with Gasteiger partial charge in [-0.3, -0.25) is 9.88 Å². The number of piperidine rings is 1. The van der Waals surface area contributed by atoms with E-state index in [9.17, 15) is 5.11 Å². The Morgan fingerprint density at radius 3 is 2.65 bits per heavy atom. The number of aliphatic hydroxyl groups is 1. The molecule has 0 amide bonds. The third-order valence-corrected chi connectivity index (χ3v) is 6.36. The summed E-state index contributed by atoms with van der Waals surface area (Å²) in [6, 6.07) is 16.4. The maximum absolute atomic E-state index is 10.2.